The second kappa shape index (κ2) is 5.08. The van der Waals surface area contributed by atoms with Crippen molar-refractivity contribution in [3.8, 4) is 0 Å². The molecule has 0 bridgehead atoms. The fourth-order valence-electron chi connectivity index (χ4n) is 1.26. The zero-order valence-corrected chi connectivity index (χ0v) is 12.5. The summed E-state index contributed by atoms with van der Waals surface area (Å²) in [6.45, 7) is 4.18. The van der Waals surface area contributed by atoms with E-state index in [1.54, 1.807) is 12.1 Å². The van der Waals surface area contributed by atoms with Gasteiger partial charge in [-0.05, 0) is 30.2 Å². The van der Waals surface area contributed by atoms with Crippen molar-refractivity contribution in [2.45, 2.75) is 30.5 Å². The molecule has 0 heterocycles. The minimum absolute atomic E-state index is 0.139. The van der Waals surface area contributed by atoms with Crippen LogP contribution in [0.3, 0.4) is 0 Å². The molecule has 0 fully saturated rings. The summed E-state index contributed by atoms with van der Waals surface area (Å²) >= 11 is 6.21. The highest BCUT2D eigenvalue weighted by Gasteiger charge is 2.16. The monoisotopic (exact) mass is 296 g/mol. The molecule has 0 radical (unpaired) electrons. The van der Waals surface area contributed by atoms with Crippen molar-refractivity contribution >= 4 is 38.2 Å². The molecule has 0 N–H and O–H groups in total. The van der Waals surface area contributed by atoms with Gasteiger partial charge < -0.3 is 0 Å². The molecule has 16 heavy (non-hydrogen) atoms. The van der Waals surface area contributed by atoms with Crippen LogP contribution in [-0.4, -0.2) is 15.8 Å². The first-order valence-corrected chi connectivity index (χ1v) is 11.4. The molecule has 0 aliphatic heterocycles. The third kappa shape index (κ3) is 4.87. The van der Waals surface area contributed by atoms with Crippen LogP contribution in [0.5, 0.6) is 0 Å². The normalized spacial score (nSPS) is 12.8. The maximum atomic E-state index is 11.0. The summed E-state index contributed by atoms with van der Waals surface area (Å²) in [6.07, 6.45) is 0.880. The molecule has 1 rings (SSSR count). The van der Waals surface area contributed by atoms with Crippen molar-refractivity contribution in [2.24, 2.45) is 0 Å². The first-order valence-electron chi connectivity index (χ1n) is 4.91. The third-order valence-electron chi connectivity index (χ3n) is 2.21. The van der Waals surface area contributed by atoms with Crippen molar-refractivity contribution in [2.75, 3.05) is 0 Å². The van der Waals surface area contributed by atoms with Crippen LogP contribution in [0.25, 0.3) is 0 Å². The molecule has 0 aliphatic carbocycles. The topological polar surface area (TPSA) is 34.1 Å². The zero-order chi connectivity index (χ0) is 12.4. The maximum Gasteiger partial charge on any atom is 0.261 e. The molecule has 6 heteroatoms. The molecule has 1 aromatic carbocycles. The molecular formula is C10H14Cl2O2SSi. The average molecular weight is 297 g/mol. The quantitative estimate of drug-likeness (QED) is 0.483. The molecule has 2 nitrogen and oxygen atoms in total. The Bertz CT molecular complexity index is 449. The molecule has 0 aromatic heterocycles. The van der Waals surface area contributed by atoms with E-state index in [9.17, 15) is 8.42 Å². The number of hydrogen-bond donors (Lipinski definition) is 0. The molecule has 0 spiro atoms. The molecular weight excluding hydrogens is 283 g/mol. The molecule has 0 saturated carbocycles. The second-order valence-corrected chi connectivity index (χ2v) is 13.9. The van der Waals surface area contributed by atoms with E-state index in [0.717, 1.165) is 18.0 Å². The summed E-state index contributed by atoms with van der Waals surface area (Å²) in [5.74, 6) is 0. The van der Waals surface area contributed by atoms with E-state index < -0.39 is 16.4 Å². The van der Waals surface area contributed by atoms with E-state index in [0.29, 0.717) is 0 Å². The summed E-state index contributed by atoms with van der Waals surface area (Å²) in [5.41, 5.74) is 1.09. The van der Waals surface area contributed by atoms with Crippen molar-refractivity contribution in [3.63, 3.8) is 0 Å². The molecule has 0 saturated heterocycles. The van der Waals surface area contributed by atoms with Gasteiger partial charge in [-0.1, -0.05) is 25.2 Å². The smallest absolute Gasteiger partial charge is 0.207 e. The first-order chi connectivity index (χ1) is 7.18. The van der Waals surface area contributed by atoms with Crippen molar-refractivity contribution in [3.05, 3.63) is 29.8 Å². The number of benzene rings is 1. The van der Waals surface area contributed by atoms with Crippen LogP contribution in [0.1, 0.15) is 5.56 Å². The van der Waals surface area contributed by atoms with Gasteiger partial charge in [0.15, 0.2) is 7.38 Å². The van der Waals surface area contributed by atoms with Gasteiger partial charge in [-0.2, -0.15) is 11.1 Å². The minimum Gasteiger partial charge on any atom is -0.207 e. The molecule has 0 aliphatic rings. The lowest BCUT2D eigenvalue weighted by Gasteiger charge is -2.12. The van der Waals surface area contributed by atoms with Gasteiger partial charge in [0.05, 0.1) is 4.90 Å². The first kappa shape index (κ1) is 14.0. The molecule has 90 valence electrons. The van der Waals surface area contributed by atoms with E-state index in [2.05, 4.69) is 13.1 Å². The summed E-state index contributed by atoms with van der Waals surface area (Å²) in [4.78, 5) is 0.139. The van der Waals surface area contributed by atoms with E-state index in [-0.39, 0.29) is 4.90 Å². The van der Waals surface area contributed by atoms with Crippen LogP contribution in [0.4, 0.5) is 0 Å². The SMILES string of the molecule is C[Si](C)(Cl)CCc1ccc(S(=O)(=O)Cl)cc1. The molecule has 1 aromatic rings. The van der Waals surface area contributed by atoms with Gasteiger partial charge in [0.1, 0.15) is 0 Å². The highest BCUT2D eigenvalue weighted by molar-refractivity contribution is 8.13. The fraction of sp³-hybridized carbons (Fsp3) is 0.400. The standard InChI is InChI=1S/C10H14Cl2O2SSi/c1-16(2,12)8-7-9-3-5-10(6-4-9)15(11,13)14/h3-6H,7-8H2,1-2H3. The Balaban J connectivity index is 2.73. The van der Waals surface area contributed by atoms with E-state index in [1.165, 1.54) is 12.1 Å². The van der Waals surface area contributed by atoms with E-state index >= 15 is 0 Å². The van der Waals surface area contributed by atoms with Gasteiger partial charge in [-0.25, -0.2) is 8.42 Å². The second-order valence-electron chi connectivity index (χ2n) is 4.30. The Morgan fingerprint density at radius 3 is 2.06 bits per heavy atom. The highest BCUT2D eigenvalue weighted by Crippen LogP contribution is 2.20. The van der Waals surface area contributed by atoms with Crippen LogP contribution < -0.4 is 0 Å². The zero-order valence-electron chi connectivity index (χ0n) is 9.20. The van der Waals surface area contributed by atoms with Crippen molar-refractivity contribution in [1.29, 1.82) is 0 Å². The largest absolute Gasteiger partial charge is 0.261 e. The number of aryl methyl sites for hydroxylation is 1. The number of rotatable bonds is 4. The lowest BCUT2D eigenvalue weighted by atomic mass is 10.2. The van der Waals surface area contributed by atoms with Crippen LogP contribution >= 0.6 is 21.8 Å². The summed E-state index contributed by atoms with van der Waals surface area (Å²) in [5, 5.41) is 0. The predicted molar refractivity (Wildman–Crippen MR) is 71.3 cm³/mol. The Morgan fingerprint density at radius 1 is 1.19 bits per heavy atom. The summed E-state index contributed by atoms with van der Waals surface area (Å²) in [7, 11) is 0.0481. The Hall–Kier alpha value is -0.0331. The molecule has 0 atom stereocenters. The lowest BCUT2D eigenvalue weighted by Crippen LogP contribution is -2.16. The maximum absolute atomic E-state index is 11.0. The number of hydrogen-bond acceptors (Lipinski definition) is 2. The fourth-order valence-corrected chi connectivity index (χ4v) is 3.20. The van der Waals surface area contributed by atoms with Gasteiger partial charge in [0.2, 0.25) is 0 Å². The Labute approximate surface area is 107 Å². The lowest BCUT2D eigenvalue weighted by molar-refractivity contribution is 0.609. The van der Waals surface area contributed by atoms with Crippen molar-refractivity contribution in [1.82, 2.24) is 0 Å². The van der Waals surface area contributed by atoms with Crippen LogP contribution in [0.15, 0.2) is 29.2 Å². The van der Waals surface area contributed by atoms with Crippen LogP contribution in [0, 0.1) is 0 Å². The summed E-state index contributed by atoms with van der Waals surface area (Å²) in [6, 6.07) is 7.60. The van der Waals surface area contributed by atoms with E-state index in [4.69, 9.17) is 21.8 Å². The Morgan fingerprint density at radius 2 is 1.69 bits per heavy atom. The third-order valence-corrected chi connectivity index (χ3v) is 5.59. The predicted octanol–water partition coefficient (Wildman–Crippen LogP) is 3.60. The Kier molecular flexibility index (Phi) is 4.46. The molecule has 0 unspecified atom stereocenters. The van der Waals surface area contributed by atoms with Gasteiger partial charge >= 0.3 is 0 Å². The summed E-state index contributed by atoms with van der Waals surface area (Å²) < 4.78 is 22.0. The van der Waals surface area contributed by atoms with Crippen molar-refractivity contribution < 1.29 is 8.42 Å². The average Bonchev–Trinajstić information content (AvgIpc) is 2.13. The highest BCUT2D eigenvalue weighted by atomic mass is 35.7. The van der Waals surface area contributed by atoms with E-state index in [1.807, 2.05) is 0 Å². The van der Waals surface area contributed by atoms with Gasteiger partial charge in [-0.3, -0.25) is 0 Å². The van der Waals surface area contributed by atoms with Gasteiger partial charge in [0.25, 0.3) is 9.05 Å². The van der Waals surface area contributed by atoms with Crippen LogP contribution in [-0.2, 0) is 15.5 Å². The van der Waals surface area contributed by atoms with Gasteiger partial charge in [0, 0.05) is 10.7 Å². The minimum atomic E-state index is -3.61. The number of halogens is 2. The van der Waals surface area contributed by atoms with Crippen LogP contribution in [0.2, 0.25) is 19.1 Å². The molecule has 0 amide bonds. The van der Waals surface area contributed by atoms with Gasteiger partial charge in [-0.15, -0.1) is 0 Å².